The highest BCUT2D eigenvalue weighted by atomic mass is 19.2. The molecule has 0 spiro atoms. The van der Waals surface area contributed by atoms with Crippen LogP contribution >= 0.6 is 0 Å². The van der Waals surface area contributed by atoms with Crippen LogP contribution < -0.4 is 5.73 Å². The average Bonchev–Trinajstić information content (AvgIpc) is 2.82. The van der Waals surface area contributed by atoms with Crippen LogP contribution in [0.15, 0.2) is 30.3 Å². The van der Waals surface area contributed by atoms with E-state index in [9.17, 15) is 13.2 Å². The molecular formula is C15H12F3N3. The molecule has 3 nitrogen and oxygen atoms in total. The van der Waals surface area contributed by atoms with Crippen molar-refractivity contribution in [3.63, 3.8) is 0 Å². The number of fused-ring (bicyclic) bond motifs is 1. The smallest absolute Gasteiger partial charge is 0.196 e. The van der Waals surface area contributed by atoms with E-state index in [0.29, 0.717) is 29.0 Å². The van der Waals surface area contributed by atoms with Crippen LogP contribution in [0.3, 0.4) is 0 Å². The average molecular weight is 291 g/mol. The van der Waals surface area contributed by atoms with Crippen molar-refractivity contribution in [3.8, 4) is 5.69 Å². The van der Waals surface area contributed by atoms with E-state index in [0.717, 1.165) is 6.07 Å². The Morgan fingerprint density at radius 1 is 1.10 bits per heavy atom. The summed E-state index contributed by atoms with van der Waals surface area (Å²) in [5.74, 6) is -3.41. The molecule has 6 heteroatoms. The molecule has 21 heavy (non-hydrogen) atoms. The van der Waals surface area contributed by atoms with Gasteiger partial charge in [0, 0.05) is 12.1 Å². The number of halogens is 3. The van der Waals surface area contributed by atoms with Crippen LogP contribution in [0.25, 0.3) is 16.7 Å². The first-order chi connectivity index (χ1) is 10.0. The fraction of sp³-hybridized carbons (Fsp3) is 0.133. The Morgan fingerprint density at radius 2 is 1.86 bits per heavy atom. The van der Waals surface area contributed by atoms with E-state index < -0.39 is 17.5 Å². The van der Waals surface area contributed by atoms with Gasteiger partial charge >= 0.3 is 0 Å². The Labute approximate surface area is 118 Å². The molecule has 2 N–H and O–H groups in total. The van der Waals surface area contributed by atoms with Crippen LogP contribution in [0.5, 0.6) is 0 Å². The summed E-state index contributed by atoms with van der Waals surface area (Å²) in [7, 11) is 0. The fourth-order valence-electron chi connectivity index (χ4n) is 2.34. The molecule has 1 heterocycles. The van der Waals surface area contributed by atoms with Gasteiger partial charge in [0.2, 0.25) is 0 Å². The Kier molecular flexibility index (Phi) is 3.08. The first-order valence-corrected chi connectivity index (χ1v) is 6.43. The number of benzene rings is 2. The number of aromatic nitrogens is 2. The van der Waals surface area contributed by atoms with Gasteiger partial charge in [-0.2, -0.15) is 0 Å². The highest BCUT2D eigenvalue weighted by Gasteiger charge is 2.19. The van der Waals surface area contributed by atoms with Crippen molar-refractivity contribution in [3.05, 3.63) is 53.6 Å². The largest absolute Gasteiger partial charge is 0.399 e. The molecule has 0 saturated carbocycles. The monoisotopic (exact) mass is 291 g/mol. The lowest BCUT2D eigenvalue weighted by molar-refractivity contribution is 0.444. The van der Waals surface area contributed by atoms with Crippen molar-refractivity contribution >= 4 is 16.7 Å². The Morgan fingerprint density at radius 3 is 2.57 bits per heavy atom. The van der Waals surface area contributed by atoms with Gasteiger partial charge in [-0.1, -0.05) is 6.92 Å². The fourth-order valence-corrected chi connectivity index (χ4v) is 2.34. The highest BCUT2D eigenvalue weighted by Crippen LogP contribution is 2.27. The van der Waals surface area contributed by atoms with Gasteiger partial charge in [-0.25, -0.2) is 18.2 Å². The minimum absolute atomic E-state index is 0.0713. The number of anilines is 1. The van der Waals surface area contributed by atoms with Crippen molar-refractivity contribution in [2.24, 2.45) is 0 Å². The lowest BCUT2D eigenvalue weighted by atomic mass is 10.2. The van der Waals surface area contributed by atoms with Crippen molar-refractivity contribution in [1.29, 1.82) is 0 Å². The van der Waals surface area contributed by atoms with Crippen molar-refractivity contribution in [2.75, 3.05) is 5.73 Å². The van der Waals surface area contributed by atoms with E-state index in [4.69, 9.17) is 5.73 Å². The third-order valence-electron chi connectivity index (χ3n) is 3.32. The van der Waals surface area contributed by atoms with Gasteiger partial charge in [0.25, 0.3) is 0 Å². The van der Waals surface area contributed by atoms with Gasteiger partial charge in [-0.3, -0.25) is 4.57 Å². The number of hydrogen-bond donors (Lipinski definition) is 1. The van der Waals surface area contributed by atoms with E-state index >= 15 is 0 Å². The summed E-state index contributed by atoms with van der Waals surface area (Å²) < 4.78 is 42.1. The molecule has 1 aromatic heterocycles. The second-order valence-electron chi connectivity index (χ2n) is 4.66. The van der Waals surface area contributed by atoms with E-state index in [1.165, 1.54) is 10.6 Å². The molecule has 0 radical (unpaired) electrons. The number of nitrogens with zero attached hydrogens (tertiary/aromatic N) is 2. The Bertz CT molecular complexity index is 840. The normalized spacial score (nSPS) is 11.2. The molecule has 0 fully saturated rings. The van der Waals surface area contributed by atoms with Gasteiger partial charge in [-0.15, -0.1) is 0 Å². The third kappa shape index (κ3) is 2.03. The Hall–Kier alpha value is -2.50. The first-order valence-electron chi connectivity index (χ1n) is 6.43. The quantitative estimate of drug-likeness (QED) is 0.579. The number of hydrogen-bond acceptors (Lipinski definition) is 2. The van der Waals surface area contributed by atoms with Gasteiger partial charge in [0.15, 0.2) is 17.5 Å². The van der Waals surface area contributed by atoms with Crippen LogP contribution in [0.4, 0.5) is 18.9 Å². The molecule has 0 aliphatic carbocycles. The van der Waals surface area contributed by atoms with E-state index in [1.54, 1.807) is 18.2 Å². The maximum Gasteiger partial charge on any atom is 0.196 e. The SMILES string of the molecule is CCc1nc2cc(N)ccc2n1-c1ccc(F)c(F)c1F. The summed E-state index contributed by atoms with van der Waals surface area (Å²) in [6.45, 7) is 1.85. The molecular weight excluding hydrogens is 279 g/mol. The molecule has 0 saturated heterocycles. The summed E-state index contributed by atoms with van der Waals surface area (Å²) in [5.41, 5.74) is 7.33. The summed E-state index contributed by atoms with van der Waals surface area (Å²) in [6, 6.07) is 7.08. The number of aryl methyl sites for hydroxylation is 1. The topological polar surface area (TPSA) is 43.8 Å². The van der Waals surface area contributed by atoms with E-state index in [1.807, 2.05) is 6.92 Å². The maximum atomic E-state index is 14.1. The summed E-state index contributed by atoms with van der Waals surface area (Å²) in [4.78, 5) is 4.36. The zero-order valence-electron chi connectivity index (χ0n) is 11.2. The first kappa shape index (κ1) is 13.5. The minimum Gasteiger partial charge on any atom is -0.399 e. The molecule has 0 amide bonds. The molecule has 0 bridgehead atoms. The summed E-state index contributed by atoms with van der Waals surface area (Å²) in [6.07, 6.45) is 0.507. The zero-order chi connectivity index (χ0) is 15.1. The van der Waals surface area contributed by atoms with Crippen LogP contribution in [-0.2, 0) is 6.42 Å². The molecule has 0 atom stereocenters. The second-order valence-corrected chi connectivity index (χ2v) is 4.66. The lowest BCUT2D eigenvalue weighted by Crippen LogP contribution is -2.05. The molecule has 0 aliphatic heterocycles. The van der Waals surface area contributed by atoms with Crippen LogP contribution in [0, 0.1) is 17.5 Å². The van der Waals surface area contributed by atoms with E-state index in [2.05, 4.69) is 4.98 Å². The van der Waals surface area contributed by atoms with Crippen LogP contribution in [0.2, 0.25) is 0 Å². The van der Waals surface area contributed by atoms with Crippen LogP contribution in [-0.4, -0.2) is 9.55 Å². The molecule has 2 aromatic carbocycles. The van der Waals surface area contributed by atoms with Crippen molar-refractivity contribution in [1.82, 2.24) is 9.55 Å². The van der Waals surface area contributed by atoms with Gasteiger partial charge < -0.3 is 5.73 Å². The second kappa shape index (κ2) is 4.80. The summed E-state index contributed by atoms with van der Waals surface area (Å²) in [5, 5.41) is 0. The zero-order valence-corrected chi connectivity index (χ0v) is 11.2. The van der Waals surface area contributed by atoms with Gasteiger partial charge in [0.1, 0.15) is 5.82 Å². The number of nitrogen functional groups attached to an aromatic ring is 1. The molecule has 0 aliphatic rings. The Balaban J connectivity index is 2.36. The maximum absolute atomic E-state index is 14.1. The van der Waals surface area contributed by atoms with Gasteiger partial charge in [-0.05, 0) is 30.3 Å². The number of nitrogens with two attached hydrogens (primary N) is 1. The summed E-state index contributed by atoms with van der Waals surface area (Å²) >= 11 is 0. The van der Waals surface area contributed by atoms with Crippen molar-refractivity contribution in [2.45, 2.75) is 13.3 Å². The predicted octanol–water partition coefficient (Wildman–Crippen LogP) is 3.59. The lowest BCUT2D eigenvalue weighted by Gasteiger charge is -2.10. The highest BCUT2D eigenvalue weighted by molar-refractivity contribution is 5.81. The number of imidazole rings is 1. The predicted molar refractivity (Wildman–Crippen MR) is 74.7 cm³/mol. The minimum atomic E-state index is -1.49. The molecule has 3 aromatic rings. The van der Waals surface area contributed by atoms with E-state index in [-0.39, 0.29) is 5.69 Å². The van der Waals surface area contributed by atoms with Gasteiger partial charge in [0.05, 0.1) is 16.7 Å². The molecule has 0 unspecified atom stereocenters. The third-order valence-corrected chi connectivity index (χ3v) is 3.32. The number of rotatable bonds is 2. The van der Waals surface area contributed by atoms with Crippen molar-refractivity contribution < 1.29 is 13.2 Å². The standard InChI is InChI=1S/C15H12F3N3/c1-2-13-20-10-7-8(19)3-5-11(10)21(13)12-6-4-9(16)14(17)15(12)18/h3-7H,2,19H2,1H3. The molecule has 108 valence electrons. The molecule has 3 rings (SSSR count). The van der Waals surface area contributed by atoms with Crippen LogP contribution in [0.1, 0.15) is 12.7 Å².